The molecular weight excluding hydrogens is 358 g/mol. The molecule has 0 saturated carbocycles. The summed E-state index contributed by atoms with van der Waals surface area (Å²) in [6, 6.07) is 8.22. The van der Waals surface area contributed by atoms with Crippen molar-refractivity contribution in [3.63, 3.8) is 0 Å². The first-order valence-corrected chi connectivity index (χ1v) is 9.40. The Balaban J connectivity index is 2.62. The molecule has 2 rings (SSSR count). The summed E-state index contributed by atoms with van der Waals surface area (Å²) in [5, 5.41) is 11.0. The zero-order valence-electron chi connectivity index (χ0n) is 14.6. The minimum absolute atomic E-state index is 0.0128. The standard InChI is InChI=1S/C17H21N3O5S/c1-10(2)19-17(23)14-15(22)13(21)9-12(20(14)3)16(18)26(24,25)11-7-5-4-6-8-11/h4-10,16,22H,18H2,1-3H3,(H,19,23). The predicted octanol–water partition coefficient (Wildman–Crippen LogP) is 0.660. The van der Waals surface area contributed by atoms with Crippen LogP contribution in [-0.2, 0) is 16.9 Å². The topological polar surface area (TPSA) is 131 Å². The highest BCUT2D eigenvalue weighted by atomic mass is 32.2. The lowest BCUT2D eigenvalue weighted by molar-refractivity contribution is 0.0930. The Morgan fingerprint density at radius 2 is 1.81 bits per heavy atom. The van der Waals surface area contributed by atoms with Crippen LogP contribution in [0.15, 0.2) is 46.1 Å². The molecule has 1 aromatic carbocycles. The van der Waals surface area contributed by atoms with E-state index in [2.05, 4.69) is 5.32 Å². The van der Waals surface area contributed by atoms with E-state index in [9.17, 15) is 23.1 Å². The summed E-state index contributed by atoms with van der Waals surface area (Å²) in [5.41, 5.74) is 4.60. The van der Waals surface area contributed by atoms with Crippen LogP contribution in [0.4, 0.5) is 0 Å². The highest BCUT2D eigenvalue weighted by Gasteiger charge is 2.30. The first-order valence-electron chi connectivity index (χ1n) is 7.85. The number of benzene rings is 1. The maximum atomic E-state index is 12.7. The van der Waals surface area contributed by atoms with Gasteiger partial charge in [0, 0.05) is 19.2 Å². The highest BCUT2D eigenvalue weighted by molar-refractivity contribution is 7.91. The van der Waals surface area contributed by atoms with Crippen molar-refractivity contribution >= 4 is 15.7 Å². The van der Waals surface area contributed by atoms with Gasteiger partial charge < -0.3 is 20.7 Å². The lowest BCUT2D eigenvalue weighted by atomic mass is 10.2. The number of aromatic hydroxyl groups is 1. The van der Waals surface area contributed by atoms with Gasteiger partial charge in [-0.1, -0.05) is 18.2 Å². The van der Waals surface area contributed by atoms with Crippen molar-refractivity contribution in [3.8, 4) is 5.75 Å². The van der Waals surface area contributed by atoms with Crippen molar-refractivity contribution in [1.82, 2.24) is 9.88 Å². The summed E-state index contributed by atoms with van der Waals surface area (Å²) in [4.78, 5) is 24.4. The normalized spacial score (nSPS) is 12.8. The monoisotopic (exact) mass is 379 g/mol. The average Bonchev–Trinajstić information content (AvgIpc) is 2.57. The zero-order valence-corrected chi connectivity index (χ0v) is 15.4. The van der Waals surface area contributed by atoms with E-state index >= 15 is 0 Å². The molecule has 0 saturated heterocycles. The zero-order chi connectivity index (χ0) is 19.6. The molecule has 0 bridgehead atoms. The average molecular weight is 379 g/mol. The van der Waals surface area contributed by atoms with Crippen LogP contribution in [0.2, 0.25) is 0 Å². The largest absolute Gasteiger partial charge is 0.503 e. The molecular formula is C17H21N3O5S. The number of amides is 1. The molecule has 8 nitrogen and oxygen atoms in total. The second kappa shape index (κ2) is 7.30. The Labute approximate surface area is 151 Å². The minimum atomic E-state index is -4.00. The Morgan fingerprint density at radius 1 is 1.23 bits per heavy atom. The highest BCUT2D eigenvalue weighted by Crippen LogP contribution is 2.25. The van der Waals surface area contributed by atoms with Crippen LogP contribution in [-0.4, -0.2) is 30.0 Å². The van der Waals surface area contributed by atoms with Gasteiger partial charge >= 0.3 is 0 Å². The first kappa shape index (κ1) is 19.7. The van der Waals surface area contributed by atoms with Gasteiger partial charge in [-0.25, -0.2) is 8.42 Å². The number of nitrogens with two attached hydrogens (primary N) is 1. The molecule has 9 heteroatoms. The molecule has 1 heterocycles. The SMILES string of the molecule is CC(C)NC(=O)c1c(O)c(=O)cc(C(N)S(=O)(=O)c2ccccc2)n1C. The van der Waals surface area contributed by atoms with E-state index in [0.29, 0.717) is 0 Å². The van der Waals surface area contributed by atoms with Crippen molar-refractivity contribution in [2.24, 2.45) is 12.8 Å². The van der Waals surface area contributed by atoms with Crippen LogP contribution in [0.25, 0.3) is 0 Å². The fourth-order valence-electron chi connectivity index (χ4n) is 2.48. The van der Waals surface area contributed by atoms with Gasteiger partial charge in [0.1, 0.15) is 0 Å². The third-order valence-corrected chi connectivity index (χ3v) is 5.63. The van der Waals surface area contributed by atoms with Crippen LogP contribution < -0.4 is 16.5 Å². The third kappa shape index (κ3) is 3.63. The molecule has 1 amide bonds. The number of hydrogen-bond donors (Lipinski definition) is 3. The first-order chi connectivity index (χ1) is 12.1. The van der Waals surface area contributed by atoms with Gasteiger partial charge in [0.2, 0.25) is 5.43 Å². The fraction of sp³-hybridized carbons (Fsp3) is 0.294. The molecule has 2 aromatic rings. The molecule has 140 valence electrons. The molecule has 26 heavy (non-hydrogen) atoms. The minimum Gasteiger partial charge on any atom is -0.503 e. The van der Waals surface area contributed by atoms with E-state index in [-0.39, 0.29) is 22.3 Å². The molecule has 0 radical (unpaired) electrons. The van der Waals surface area contributed by atoms with Crippen molar-refractivity contribution < 1.29 is 18.3 Å². The smallest absolute Gasteiger partial charge is 0.272 e. The van der Waals surface area contributed by atoms with Crippen LogP contribution in [0.1, 0.15) is 35.4 Å². The van der Waals surface area contributed by atoms with E-state index in [1.54, 1.807) is 32.0 Å². The number of rotatable bonds is 5. The van der Waals surface area contributed by atoms with E-state index in [1.807, 2.05) is 0 Å². The molecule has 4 N–H and O–H groups in total. The molecule has 0 fully saturated rings. The summed E-state index contributed by atoms with van der Waals surface area (Å²) in [5.74, 6) is -1.47. The van der Waals surface area contributed by atoms with Gasteiger partial charge in [-0.3, -0.25) is 9.59 Å². The molecule has 0 aliphatic rings. The number of pyridine rings is 1. The van der Waals surface area contributed by atoms with Gasteiger partial charge in [0.25, 0.3) is 5.91 Å². The number of sulfone groups is 1. The summed E-state index contributed by atoms with van der Waals surface area (Å²) in [7, 11) is -2.64. The maximum absolute atomic E-state index is 12.7. The van der Waals surface area contributed by atoms with Gasteiger partial charge in [-0.2, -0.15) is 0 Å². The third-order valence-electron chi connectivity index (χ3n) is 3.79. The predicted molar refractivity (Wildman–Crippen MR) is 96.5 cm³/mol. The van der Waals surface area contributed by atoms with Gasteiger partial charge in [-0.15, -0.1) is 0 Å². The quantitative estimate of drug-likeness (QED) is 0.699. The summed E-state index contributed by atoms with van der Waals surface area (Å²) >= 11 is 0. The van der Waals surface area contributed by atoms with E-state index in [1.165, 1.54) is 19.2 Å². The van der Waals surface area contributed by atoms with Crippen LogP contribution in [0.5, 0.6) is 5.75 Å². The molecule has 0 aliphatic heterocycles. The number of carbonyl (C=O) groups is 1. The van der Waals surface area contributed by atoms with Crippen molar-refractivity contribution in [3.05, 3.63) is 58.0 Å². The maximum Gasteiger partial charge on any atom is 0.272 e. The Kier molecular flexibility index (Phi) is 5.53. The van der Waals surface area contributed by atoms with Gasteiger partial charge in [0.15, 0.2) is 26.7 Å². The summed E-state index contributed by atoms with van der Waals surface area (Å²) < 4.78 is 26.6. The number of hydrogen-bond acceptors (Lipinski definition) is 6. The number of carbonyl (C=O) groups excluding carboxylic acids is 1. The van der Waals surface area contributed by atoms with E-state index in [0.717, 1.165) is 10.6 Å². The van der Waals surface area contributed by atoms with Gasteiger partial charge in [-0.05, 0) is 26.0 Å². The molecule has 0 aliphatic carbocycles. The van der Waals surface area contributed by atoms with Crippen molar-refractivity contribution in [2.45, 2.75) is 30.2 Å². The fourth-order valence-corrected chi connectivity index (χ4v) is 3.86. The molecule has 0 spiro atoms. The van der Waals surface area contributed by atoms with Crippen molar-refractivity contribution in [2.75, 3.05) is 0 Å². The number of aromatic nitrogens is 1. The Morgan fingerprint density at radius 3 is 2.35 bits per heavy atom. The molecule has 1 aromatic heterocycles. The number of nitrogens with zero attached hydrogens (tertiary/aromatic N) is 1. The van der Waals surface area contributed by atoms with Crippen molar-refractivity contribution in [1.29, 1.82) is 0 Å². The second-order valence-electron chi connectivity index (χ2n) is 6.10. The molecule has 1 atom stereocenters. The van der Waals surface area contributed by atoms with Crippen LogP contribution >= 0.6 is 0 Å². The van der Waals surface area contributed by atoms with E-state index in [4.69, 9.17) is 5.73 Å². The van der Waals surface area contributed by atoms with Gasteiger partial charge in [0.05, 0.1) is 10.6 Å². The van der Waals surface area contributed by atoms with E-state index < -0.39 is 32.3 Å². The second-order valence-corrected chi connectivity index (χ2v) is 8.17. The summed E-state index contributed by atoms with van der Waals surface area (Å²) in [6.07, 6.45) is 0. The van der Waals surface area contributed by atoms with Crippen LogP contribution in [0.3, 0.4) is 0 Å². The Bertz CT molecular complexity index is 981. The molecule has 1 unspecified atom stereocenters. The Hall–Kier alpha value is -2.65. The lowest BCUT2D eigenvalue weighted by Gasteiger charge is -2.20. The van der Waals surface area contributed by atoms with Crippen LogP contribution in [0, 0.1) is 0 Å². The summed E-state index contributed by atoms with van der Waals surface area (Å²) in [6.45, 7) is 3.42. The lowest BCUT2D eigenvalue weighted by Crippen LogP contribution is -2.35. The number of nitrogens with one attached hydrogen (secondary N) is 1.